The van der Waals surface area contributed by atoms with Crippen LogP contribution in [0.2, 0.25) is 0 Å². The zero-order chi connectivity index (χ0) is 14.3. The number of anilines is 1. The molecule has 0 amide bonds. The molecule has 0 spiro atoms. The summed E-state index contributed by atoms with van der Waals surface area (Å²) in [5.74, 6) is -0.228. The number of aromatic nitrogens is 2. The minimum atomic E-state index is -0.617. The smallest absolute Gasteiger partial charge is 0.372 e. The number of nitrogens with zero attached hydrogens (tertiary/aromatic N) is 3. The Kier molecular flexibility index (Phi) is 5.98. The Morgan fingerprint density at radius 1 is 1.42 bits per heavy atom. The van der Waals surface area contributed by atoms with Crippen molar-refractivity contribution in [1.82, 2.24) is 9.97 Å². The monoisotopic (exact) mass is 268 g/mol. The number of hydrogen-bond acceptors (Lipinski definition) is 6. The Labute approximate surface area is 112 Å². The molecule has 0 aromatic carbocycles. The Hall–Kier alpha value is -1.92. The number of unbranched alkanes of at least 4 members (excludes halogenated alkanes) is 3. The summed E-state index contributed by atoms with van der Waals surface area (Å²) in [6.45, 7) is 4.01. The van der Waals surface area contributed by atoms with Gasteiger partial charge in [0.1, 0.15) is 6.33 Å². The summed E-state index contributed by atoms with van der Waals surface area (Å²) in [5.41, 5.74) is 5.11. The number of nitrogens with two attached hydrogens (primary N) is 1. The van der Waals surface area contributed by atoms with E-state index in [1.165, 1.54) is 19.2 Å². The van der Waals surface area contributed by atoms with Crippen molar-refractivity contribution in [3.63, 3.8) is 0 Å². The maximum atomic E-state index is 10.9. The van der Waals surface area contributed by atoms with Gasteiger partial charge in [-0.25, -0.2) is 4.98 Å². The van der Waals surface area contributed by atoms with Crippen LogP contribution in [0, 0.1) is 10.1 Å². The third-order valence-electron chi connectivity index (χ3n) is 2.78. The molecule has 1 atom stereocenters. The summed E-state index contributed by atoms with van der Waals surface area (Å²) < 4.78 is 5.50. The Bertz CT molecular complexity index is 425. The van der Waals surface area contributed by atoms with Crippen molar-refractivity contribution in [3.8, 4) is 5.88 Å². The summed E-state index contributed by atoms with van der Waals surface area (Å²) in [7, 11) is 0. The molecule has 1 aromatic heterocycles. The molecular formula is C12H20N4O3. The first-order valence-corrected chi connectivity index (χ1v) is 6.47. The molecule has 1 heterocycles. The predicted molar refractivity (Wildman–Crippen MR) is 71.9 cm³/mol. The van der Waals surface area contributed by atoms with Crippen molar-refractivity contribution >= 4 is 11.5 Å². The van der Waals surface area contributed by atoms with Crippen LogP contribution in [0.15, 0.2) is 6.33 Å². The van der Waals surface area contributed by atoms with Gasteiger partial charge < -0.3 is 10.5 Å². The average Bonchev–Trinajstić information content (AvgIpc) is 2.34. The van der Waals surface area contributed by atoms with Crippen LogP contribution < -0.4 is 10.5 Å². The fourth-order valence-electron chi connectivity index (χ4n) is 1.74. The molecular weight excluding hydrogens is 248 g/mol. The molecule has 0 bridgehead atoms. The third-order valence-corrected chi connectivity index (χ3v) is 2.78. The highest BCUT2D eigenvalue weighted by Crippen LogP contribution is 2.29. The lowest BCUT2D eigenvalue weighted by atomic mass is 10.1. The highest BCUT2D eigenvalue weighted by molar-refractivity contribution is 5.57. The van der Waals surface area contributed by atoms with Crippen LogP contribution >= 0.6 is 0 Å². The standard InChI is InChI=1S/C12H20N4O3/c1-3-4-5-6-7-9(2)19-12-10(16(17)18)11(13)14-8-15-12/h8-9H,3-7H2,1-2H3,(H2,13,14,15). The number of hydrogen-bond donors (Lipinski definition) is 1. The van der Waals surface area contributed by atoms with Crippen LogP contribution in [0.1, 0.15) is 46.0 Å². The maximum Gasteiger partial charge on any atom is 0.372 e. The van der Waals surface area contributed by atoms with Crippen LogP contribution in [0.25, 0.3) is 0 Å². The number of nitro groups is 1. The van der Waals surface area contributed by atoms with Crippen LogP contribution in [0.4, 0.5) is 11.5 Å². The molecule has 106 valence electrons. The molecule has 7 heteroatoms. The van der Waals surface area contributed by atoms with Gasteiger partial charge in [-0.05, 0) is 19.8 Å². The number of rotatable bonds is 8. The molecule has 0 aliphatic rings. The highest BCUT2D eigenvalue weighted by Gasteiger charge is 2.23. The Morgan fingerprint density at radius 2 is 2.16 bits per heavy atom. The molecule has 1 aromatic rings. The molecule has 0 fully saturated rings. The molecule has 7 nitrogen and oxygen atoms in total. The summed E-state index contributed by atoms with van der Waals surface area (Å²) in [6, 6.07) is 0. The molecule has 0 aliphatic heterocycles. The first-order valence-electron chi connectivity index (χ1n) is 6.47. The van der Waals surface area contributed by atoms with Gasteiger partial charge in [-0.15, -0.1) is 0 Å². The van der Waals surface area contributed by atoms with E-state index in [1.807, 2.05) is 6.92 Å². The van der Waals surface area contributed by atoms with Crippen LogP contribution in [0.5, 0.6) is 5.88 Å². The van der Waals surface area contributed by atoms with Gasteiger partial charge in [-0.1, -0.05) is 26.2 Å². The van der Waals surface area contributed by atoms with Crippen LogP contribution in [0.3, 0.4) is 0 Å². The van der Waals surface area contributed by atoms with E-state index >= 15 is 0 Å². The third kappa shape index (κ3) is 4.69. The van der Waals surface area contributed by atoms with Gasteiger partial charge in [-0.3, -0.25) is 10.1 Å². The summed E-state index contributed by atoms with van der Waals surface area (Å²) >= 11 is 0. The van der Waals surface area contributed by atoms with Gasteiger partial charge in [0.2, 0.25) is 5.82 Å². The molecule has 19 heavy (non-hydrogen) atoms. The molecule has 2 N–H and O–H groups in total. The largest absolute Gasteiger partial charge is 0.470 e. The van der Waals surface area contributed by atoms with E-state index in [4.69, 9.17) is 10.5 Å². The van der Waals surface area contributed by atoms with Gasteiger partial charge in [0.05, 0.1) is 11.0 Å². The zero-order valence-electron chi connectivity index (χ0n) is 11.3. The SMILES string of the molecule is CCCCCCC(C)Oc1ncnc(N)c1[N+](=O)[O-]. The lowest BCUT2D eigenvalue weighted by Gasteiger charge is -2.13. The minimum Gasteiger partial charge on any atom is -0.470 e. The second kappa shape index (κ2) is 7.50. The van der Waals surface area contributed by atoms with Gasteiger partial charge in [0, 0.05) is 0 Å². The lowest BCUT2D eigenvalue weighted by molar-refractivity contribution is -0.385. The average molecular weight is 268 g/mol. The first-order chi connectivity index (χ1) is 9.06. The summed E-state index contributed by atoms with van der Waals surface area (Å²) in [6.07, 6.45) is 6.39. The molecule has 1 unspecified atom stereocenters. The second-order valence-corrected chi connectivity index (χ2v) is 4.45. The number of ether oxygens (including phenoxy) is 1. The molecule has 1 rings (SSSR count). The minimum absolute atomic E-state index is 0.0551. The van der Waals surface area contributed by atoms with Gasteiger partial charge in [0.15, 0.2) is 0 Å². The fraction of sp³-hybridized carbons (Fsp3) is 0.667. The quantitative estimate of drug-likeness (QED) is 0.441. The summed E-state index contributed by atoms with van der Waals surface area (Å²) in [5, 5.41) is 10.9. The van der Waals surface area contributed by atoms with Gasteiger partial charge in [-0.2, -0.15) is 4.98 Å². The van der Waals surface area contributed by atoms with E-state index in [1.54, 1.807) is 0 Å². The first kappa shape index (κ1) is 15.1. The predicted octanol–water partition coefficient (Wildman–Crippen LogP) is 2.70. The van der Waals surface area contributed by atoms with Gasteiger partial charge >= 0.3 is 5.69 Å². The zero-order valence-corrected chi connectivity index (χ0v) is 11.3. The normalized spacial score (nSPS) is 12.1. The number of nitrogen functional groups attached to an aromatic ring is 1. The van der Waals surface area contributed by atoms with Crippen LogP contribution in [-0.4, -0.2) is 21.0 Å². The van der Waals surface area contributed by atoms with Gasteiger partial charge in [0.25, 0.3) is 5.88 Å². The van der Waals surface area contributed by atoms with Crippen molar-refractivity contribution < 1.29 is 9.66 Å². The van der Waals surface area contributed by atoms with E-state index in [2.05, 4.69) is 16.9 Å². The van der Waals surface area contributed by atoms with E-state index in [-0.39, 0.29) is 23.5 Å². The van der Waals surface area contributed by atoms with E-state index in [0.29, 0.717) is 0 Å². The van der Waals surface area contributed by atoms with E-state index in [9.17, 15) is 10.1 Å². The molecule has 0 saturated carbocycles. The Balaban J connectivity index is 2.61. The lowest BCUT2D eigenvalue weighted by Crippen LogP contribution is -2.14. The van der Waals surface area contributed by atoms with Crippen molar-refractivity contribution in [1.29, 1.82) is 0 Å². The van der Waals surface area contributed by atoms with Crippen molar-refractivity contribution in [2.24, 2.45) is 0 Å². The van der Waals surface area contributed by atoms with Crippen LogP contribution in [-0.2, 0) is 0 Å². The van der Waals surface area contributed by atoms with Crippen molar-refractivity contribution in [3.05, 3.63) is 16.4 Å². The topological polar surface area (TPSA) is 104 Å². The van der Waals surface area contributed by atoms with Crippen molar-refractivity contribution in [2.75, 3.05) is 5.73 Å². The molecule has 0 saturated heterocycles. The maximum absolute atomic E-state index is 10.9. The molecule has 0 aliphatic carbocycles. The fourth-order valence-corrected chi connectivity index (χ4v) is 1.74. The highest BCUT2D eigenvalue weighted by atomic mass is 16.6. The van der Waals surface area contributed by atoms with Crippen molar-refractivity contribution in [2.45, 2.75) is 52.1 Å². The van der Waals surface area contributed by atoms with E-state index in [0.717, 1.165) is 19.3 Å². The molecule has 0 radical (unpaired) electrons. The second-order valence-electron chi connectivity index (χ2n) is 4.45. The Morgan fingerprint density at radius 3 is 2.79 bits per heavy atom. The van der Waals surface area contributed by atoms with E-state index < -0.39 is 4.92 Å². The summed E-state index contributed by atoms with van der Waals surface area (Å²) in [4.78, 5) is 17.7.